The van der Waals surface area contributed by atoms with Crippen LogP contribution in [0.5, 0.6) is 0 Å². The fraction of sp³-hybridized carbons (Fsp3) is 0.571. The van der Waals surface area contributed by atoms with Gasteiger partial charge in [0, 0.05) is 18.3 Å². The van der Waals surface area contributed by atoms with Gasteiger partial charge >= 0.3 is 0 Å². The Morgan fingerprint density at radius 2 is 2.10 bits per heavy atom. The summed E-state index contributed by atoms with van der Waals surface area (Å²) in [5, 5.41) is 3.43. The van der Waals surface area contributed by atoms with Crippen molar-refractivity contribution in [3.63, 3.8) is 0 Å². The SMILES string of the molecule is CCNCc1ccc(S(=O)(=O)NCCC(C)SC)c(F)c1. The van der Waals surface area contributed by atoms with Crippen molar-refractivity contribution >= 4 is 21.8 Å². The highest BCUT2D eigenvalue weighted by Gasteiger charge is 2.19. The first kappa shape index (κ1) is 18.4. The number of sulfonamides is 1. The second-order valence-electron chi connectivity index (χ2n) is 4.78. The molecule has 0 bridgehead atoms. The molecular weight excluding hydrogens is 311 g/mol. The summed E-state index contributed by atoms with van der Waals surface area (Å²) in [4.78, 5) is -0.292. The van der Waals surface area contributed by atoms with Gasteiger partial charge in [0.1, 0.15) is 10.7 Å². The molecule has 1 aromatic carbocycles. The molecule has 0 aromatic heterocycles. The molecule has 0 radical (unpaired) electrons. The first-order valence-corrected chi connectivity index (χ1v) is 9.69. The Kier molecular flexibility index (Phi) is 7.65. The van der Waals surface area contributed by atoms with Crippen LogP contribution in [0.15, 0.2) is 23.1 Å². The van der Waals surface area contributed by atoms with Crippen LogP contribution in [0.1, 0.15) is 25.8 Å². The highest BCUT2D eigenvalue weighted by molar-refractivity contribution is 7.99. The standard InChI is InChI=1S/C14H23FN2O2S2/c1-4-16-10-12-5-6-14(13(15)9-12)21(18,19)17-8-7-11(2)20-3/h5-6,9,11,16-17H,4,7-8,10H2,1-3H3. The summed E-state index contributed by atoms with van der Waals surface area (Å²) in [6.07, 6.45) is 2.68. The molecule has 0 saturated carbocycles. The largest absolute Gasteiger partial charge is 0.313 e. The van der Waals surface area contributed by atoms with Crippen LogP contribution in [0, 0.1) is 5.82 Å². The van der Waals surface area contributed by atoms with Crippen LogP contribution in [-0.4, -0.2) is 33.0 Å². The Balaban J connectivity index is 2.74. The minimum Gasteiger partial charge on any atom is -0.313 e. The monoisotopic (exact) mass is 334 g/mol. The van der Waals surface area contributed by atoms with E-state index in [9.17, 15) is 12.8 Å². The summed E-state index contributed by atoms with van der Waals surface area (Å²) in [6.45, 7) is 5.58. The summed E-state index contributed by atoms with van der Waals surface area (Å²) in [5.41, 5.74) is 0.726. The van der Waals surface area contributed by atoms with Gasteiger partial charge in [-0.1, -0.05) is 19.9 Å². The Morgan fingerprint density at radius 1 is 1.38 bits per heavy atom. The molecule has 0 spiro atoms. The van der Waals surface area contributed by atoms with E-state index in [1.807, 2.05) is 20.1 Å². The fourth-order valence-electron chi connectivity index (χ4n) is 1.73. The van der Waals surface area contributed by atoms with Crippen molar-refractivity contribution < 1.29 is 12.8 Å². The molecule has 0 aliphatic heterocycles. The van der Waals surface area contributed by atoms with E-state index in [4.69, 9.17) is 0 Å². The zero-order chi connectivity index (χ0) is 15.9. The second-order valence-corrected chi connectivity index (χ2v) is 7.79. The summed E-state index contributed by atoms with van der Waals surface area (Å²) < 4.78 is 40.6. The number of thioether (sulfide) groups is 1. The number of hydrogen-bond acceptors (Lipinski definition) is 4. The van der Waals surface area contributed by atoms with Gasteiger partial charge in [-0.15, -0.1) is 0 Å². The van der Waals surface area contributed by atoms with E-state index in [2.05, 4.69) is 10.0 Å². The smallest absolute Gasteiger partial charge is 0.243 e. The van der Waals surface area contributed by atoms with E-state index >= 15 is 0 Å². The van der Waals surface area contributed by atoms with Crippen molar-refractivity contribution in [2.75, 3.05) is 19.3 Å². The minimum absolute atomic E-state index is 0.292. The van der Waals surface area contributed by atoms with Gasteiger partial charge in [0.25, 0.3) is 0 Å². The molecule has 0 aliphatic carbocycles. The second kappa shape index (κ2) is 8.73. The van der Waals surface area contributed by atoms with E-state index in [0.29, 0.717) is 24.8 Å². The van der Waals surface area contributed by atoms with Crippen molar-refractivity contribution in [3.05, 3.63) is 29.6 Å². The number of hydrogen-bond donors (Lipinski definition) is 2. The molecule has 0 amide bonds. The lowest BCUT2D eigenvalue weighted by Gasteiger charge is -2.11. The zero-order valence-corrected chi connectivity index (χ0v) is 14.3. The third kappa shape index (κ3) is 5.94. The van der Waals surface area contributed by atoms with Gasteiger partial charge in [0.15, 0.2) is 0 Å². The lowest BCUT2D eigenvalue weighted by Crippen LogP contribution is -2.27. The summed E-state index contributed by atoms with van der Waals surface area (Å²) in [5.74, 6) is -0.712. The van der Waals surface area contributed by atoms with Crippen molar-refractivity contribution in [2.24, 2.45) is 0 Å². The van der Waals surface area contributed by atoms with Crippen molar-refractivity contribution in [3.8, 4) is 0 Å². The lowest BCUT2D eigenvalue weighted by molar-refractivity contribution is 0.553. The molecule has 0 saturated heterocycles. The molecular formula is C14H23FN2O2S2. The number of halogens is 1. The van der Waals surface area contributed by atoms with Gasteiger partial charge in [0.2, 0.25) is 10.0 Å². The molecule has 120 valence electrons. The maximum absolute atomic E-state index is 14.0. The zero-order valence-electron chi connectivity index (χ0n) is 12.6. The Morgan fingerprint density at radius 3 is 2.67 bits per heavy atom. The quantitative estimate of drug-likeness (QED) is 0.728. The summed E-state index contributed by atoms with van der Waals surface area (Å²) in [6, 6.07) is 4.22. The molecule has 4 nitrogen and oxygen atoms in total. The molecule has 1 rings (SSSR count). The van der Waals surface area contributed by atoms with Crippen LogP contribution in [0.4, 0.5) is 4.39 Å². The minimum atomic E-state index is -3.79. The number of rotatable bonds is 9. The normalized spacial score (nSPS) is 13.3. The first-order valence-electron chi connectivity index (χ1n) is 6.92. The predicted octanol–water partition coefficient (Wildman–Crippen LogP) is 2.36. The van der Waals surface area contributed by atoms with Gasteiger partial charge in [-0.25, -0.2) is 17.5 Å². The highest BCUT2D eigenvalue weighted by atomic mass is 32.2. The van der Waals surface area contributed by atoms with E-state index in [-0.39, 0.29) is 4.90 Å². The van der Waals surface area contributed by atoms with E-state index in [0.717, 1.165) is 12.1 Å². The molecule has 0 fully saturated rings. The topological polar surface area (TPSA) is 58.2 Å². The van der Waals surface area contributed by atoms with Gasteiger partial charge in [-0.2, -0.15) is 11.8 Å². The Hall–Kier alpha value is -0.630. The fourth-order valence-corrected chi connectivity index (χ4v) is 3.19. The van der Waals surface area contributed by atoms with Crippen LogP contribution >= 0.6 is 11.8 Å². The predicted molar refractivity (Wildman–Crippen MR) is 86.6 cm³/mol. The Bertz CT molecular complexity index is 550. The van der Waals surface area contributed by atoms with Crippen LogP contribution in [-0.2, 0) is 16.6 Å². The maximum Gasteiger partial charge on any atom is 0.243 e. The molecule has 1 atom stereocenters. The molecule has 0 aliphatic rings. The summed E-state index contributed by atoms with van der Waals surface area (Å²) >= 11 is 1.67. The van der Waals surface area contributed by atoms with Gasteiger partial charge in [-0.05, 0) is 36.9 Å². The summed E-state index contributed by atoms with van der Waals surface area (Å²) in [7, 11) is -3.79. The number of nitrogens with one attached hydrogen (secondary N) is 2. The van der Waals surface area contributed by atoms with Gasteiger partial charge in [0.05, 0.1) is 0 Å². The third-order valence-corrected chi connectivity index (χ3v) is 5.64. The van der Waals surface area contributed by atoms with E-state index in [1.165, 1.54) is 12.1 Å². The van der Waals surface area contributed by atoms with Crippen LogP contribution in [0.25, 0.3) is 0 Å². The van der Waals surface area contributed by atoms with Crippen molar-refractivity contribution in [1.82, 2.24) is 10.0 Å². The van der Waals surface area contributed by atoms with Crippen LogP contribution in [0.2, 0.25) is 0 Å². The first-order chi connectivity index (χ1) is 9.90. The average molecular weight is 334 g/mol. The van der Waals surface area contributed by atoms with Gasteiger partial charge < -0.3 is 5.32 Å². The van der Waals surface area contributed by atoms with Gasteiger partial charge in [-0.3, -0.25) is 0 Å². The van der Waals surface area contributed by atoms with Crippen molar-refractivity contribution in [1.29, 1.82) is 0 Å². The number of benzene rings is 1. The Labute approximate surface area is 131 Å². The van der Waals surface area contributed by atoms with Crippen molar-refractivity contribution in [2.45, 2.75) is 37.0 Å². The van der Waals surface area contributed by atoms with Crippen LogP contribution < -0.4 is 10.0 Å². The van der Waals surface area contributed by atoms with E-state index < -0.39 is 15.8 Å². The molecule has 7 heteroatoms. The van der Waals surface area contributed by atoms with E-state index in [1.54, 1.807) is 17.8 Å². The third-order valence-electron chi connectivity index (χ3n) is 3.11. The lowest BCUT2D eigenvalue weighted by atomic mass is 10.2. The molecule has 2 N–H and O–H groups in total. The molecule has 1 unspecified atom stereocenters. The van der Waals surface area contributed by atoms with Crippen LogP contribution in [0.3, 0.4) is 0 Å². The average Bonchev–Trinajstić information content (AvgIpc) is 2.44. The maximum atomic E-state index is 14.0. The highest BCUT2D eigenvalue weighted by Crippen LogP contribution is 2.16. The molecule has 21 heavy (non-hydrogen) atoms. The molecule has 1 aromatic rings. The molecule has 0 heterocycles.